The minimum atomic E-state index is -0.822. The molecule has 0 aliphatic carbocycles. The van der Waals surface area contributed by atoms with E-state index >= 15 is 0 Å². The maximum atomic E-state index is 12.3. The first-order valence-corrected chi connectivity index (χ1v) is 10.6. The van der Waals surface area contributed by atoms with Gasteiger partial charge < -0.3 is 10.1 Å². The van der Waals surface area contributed by atoms with Crippen molar-refractivity contribution in [2.45, 2.75) is 13.3 Å². The van der Waals surface area contributed by atoms with Crippen molar-refractivity contribution >= 4 is 64.2 Å². The highest BCUT2D eigenvalue weighted by atomic mass is 35.5. The minimum absolute atomic E-state index is 0.0836. The Morgan fingerprint density at radius 3 is 2.56 bits per heavy atom. The highest BCUT2D eigenvalue weighted by molar-refractivity contribution is 6.42. The lowest BCUT2D eigenvalue weighted by Gasteiger charge is -2.17. The number of hydrogen-bond donors (Lipinski definition) is 2. The molecule has 3 amide bonds. The monoisotopic (exact) mass is 497 g/mol. The molecular weight excluding hydrogens is 481 g/mol. The highest BCUT2D eigenvalue weighted by Crippen LogP contribution is 2.23. The summed E-state index contributed by atoms with van der Waals surface area (Å²) in [6.07, 6.45) is -0.157. The fraction of sp³-hybridized carbons (Fsp3) is 0.238. The Kier molecular flexibility index (Phi) is 7.60. The Balaban J connectivity index is 1.51. The molecule has 2 aromatic rings. The van der Waals surface area contributed by atoms with E-state index in [0.717, 1.165) is 10.6 Å². The third-order valence-corrected chi connectivity index (χ3v) is 5.67. The summed E-state index contributed by atoms with van der Waals surface area (Å²) in [4.78, 5) is 48.9. The molecule has 1 fully saturated rings. The molecule has 0 radical (unpaired) electrons. The summed E-state index contributed by atoms with van der Waals surface area (Å²) in [5.41, 5.74) is 3.93. The van der Waals surface area contributed by atoms with Gasteiger partial charge in [-0.15, -0.1) is 0 Å². The van der Waals surface area contributed by atoms with Gasteiger partial charge in [0.15, 0.2) is 6.61 Å². The number of hydrazine groups is 1. The maximum absolute atomic E-state index is 12.3. The predicted octanol–water partition coefficient (Wildman–Crippen LogP) is 3.63. The van der Waals surface area contributed by atoms with Gasteiger partial charge in [0.1, 0.15) is 0 Å². The molecule has 2 aromatic carbocycles. The largest absolute Gasteiger partial charge is 0.455 e. The van der Waals surface area contributed by atoms with E-state index in [2.05, 4.69) is 10.7 Å². The van der Waals surface area contributed by atoms with Gasteiger partial charge in [0.25, 0.3) is 11.8 Å². The highest BCUT2D eigenvalue weighted by Gasteiger charge is 2.36. The topological polar surface area (TPSA) is 105 Å². The van der Waals surface area contributed by atoms with E-state index in [4.69, 9.17) is 39.5 Å². The molecule has 32 heavy (non-hydrogen) atoms. The predicted molar refractivity (Wildman–Crippen MR) is 120 cm³/mol. The second-order valence-electron chi connectivity index (χ2n) is 7.09. The molecule has 2 N–H and O–H groups in total. The normalized spacial score (nSPS) is 15.4. The first-order valence-electron chi connectivity index (χ1n) is 9.43. The summed E-state index contributed by atoms with van der Waals surface area (Å²) in [5, 5.41) is 4.58. The maximum Gasteiger partial charge on any atom is 0.311 e. The lowest BCUT2D eigenvalue weighted by molar-refractivity contribution is -0.151. The molecule has 0 aromatic heterocycles. The van der Waals surface area contributed by atoms with Crippen molar-refractivity contribution in [3.8, 4) is 0 Å². The van der Waals surface area contributed by atoms with Gasteiger partial charge in [-0.1, -0.05) is 40.9 Å². The summed E-state index contributed by atoms with van der Waals surface area (Å²) in [6, 6.07) is 9.30. The van der Waals surface area contributed by atoms with Crippen LogP contribution in [0.15, 0.2) is 36.4 Å². The number of esters is 1. The molecule has 0 unspecified atom stereocenters. The van der Waals surface area contributed by atoms with Crippen molar-refractivity contribution < 1.29 is 23.9 Å². The van der Waals surface area contributed by atoms with Crippen LogP contribution < -0.4 is 10.7 Å². The van der Waals surface area contributed by atoms with Crippen LogP contribution in [0.4, 0.5) is 5.69 Å². The van der Waals surface area contributed by atoms with Crippen LogP contribution in [-0.4, -0.2) is 41.9 Å². The van der Waals surface area contributed by atoms with E-state index in [1.165, 1.54) is 18.2 Å². The Bertz CT molecular complexity index is 1090. The third-order valence-electron chi connectivity index (χ3n) is 4.70. The van der Waals surface area contributed by atoms with Gasteiger partial charge in [0.2, 0.25) is 5.91 Å². The Morgan fingerprint density at radius 2 is 1.84 bits per heavy atom. The standard InChI is InChI=1S/C21H18Cl3N3O5/c1-11-2-4-14(22)8-17(11)25-18(28)10-32-21(31)13-7-19(29)27(9-13)26-20(30)12-3-5-15(23)16(24)6-12/h2-6,8,13H,7,9-10H2,1H3,(H,25,28)(H,26,30)/t13-/m1/s1. The fourth-order valence-electron chi connectivity index (χ4n) is 2.97. The van der Waals surface area contributed by atoms with Crippen LogP contribution in [0, 0.1) is 12.8 Å². The Hall–Kier alpha value is -2.81. The van der Waals surface area contributed by atoms with E-state index in [1.54, 1.807) is 25.1 Å². The average molecular weight is 499 g/mol. The zero-order valence-electron chi connectivity index (χ0n) is 16.8. The lowest BCUT2D eigenvalue weighted by Crippen LogP contribution is -2.43. The van der Waals surface area contributed by atoms with Crippen LogP contribution in [0.1, 0.15) is 22.3 Å². The first-order chi connectivity index (χ1) is 15.1. The summed E-state index contributed by atoms with van der Waals surface area (Å²) >= 11 is 17.6. The molecule has 168 valence electrons. The van der Waals surface area contributed by atoms with Crippen molar-refractivity contribution in [3.05, 3.63) is 62.6 Å². The van der Waals surface area contributed by atoms with Crippen LogP contribution in [0.25, 0.3) is 0 Å². The van der Waals surface area contributed by atoms with Gasteiger partial charge in [-0.3, -0.25) is 29.6 Å². The molecular formula is C21H18Cl3N3O5. The van der Waals surface area contributed by atoms with Crippen LogP contribution in [-0.2, 0) is 19.1 Å². The second kappa shape index (κ2) is 10.2. The zero-order valence-corrected chi connectivity index (χ0v) is 19.1. The molecule has 1 saturated heterocycles. The number of anilines is 1. The molecule has 8 nitrogen and oxygen atoms in total. The average Bonchev–Trinajstić information content (AvgIpc) is 3.11. The third kappa shape index (κ3) is 5.91. The number of rotatable bonds is 6. The van der Waals surface area contributed by atoms with E-state index in [1.807, 2.05) is 0 Å². The molecule has 1 atom stereocenters. The summed E-state index contributed by atoms with van der Waals surface area (Å²) in [7, 11) is 0. The van der Waals surface area contributed by atoms with Crippen LogP contribution >= 0.6 is 34.8 Å². The molecule has 1 heterocycles. The first kappa shape index (κ1) is 23.8. The van der Waals surface area contributed by atoms with Crippen LogP contribution in [0.3, 0.4) is 0 Å². The van der Waals surface area contributed by atoms with E-state index in [-0.39, 0.29) is 28.6 Å². The molecule has 11 heteroatoms. The van der Waals surface area contributed by atoms with Gasteiger partial charge in [-0.2, -0.15) is 0 Å². The molecule has 0 saturated carbocycles. The Morgan fingerprint density at radius 1 is 1.09 bits per heavy atom. The zero-order chi connectivity index (χ0) is 23.4. The van der Waals surface area contributed by atoms with Crippen molar-refractivity contribution in [2.24, 2.45) is 5.92 Å². The van der Waals surface area contributed by atoms with Gasteiger partial charge in [-0.25, -0.2) is 0 Å². The molecule has 1 aliphatic heterocycles. The van der Waals surface area contributed by atoms with Crippen molar-refractivity contribution in [2.75, 3.05) is 18.5 Å². The smallest absolute Gasteiger partial charge is 0.311 e. The number of aryl methyl sites for hydroxylation is 1. The van der Waals surface area contributed by atoms with Gasteiger partial charge in [0.05, 0.1) is 22.5 Å². The molecule has 0 spiro atoms. The number of carbonyl (C=O) groups is 4. The molecule has 1 aliphatic rings. The van der Waals surface area contributed by atoms with Crippen LogP contribution in [0.5, 0.6) is 0 Å². The van der Waals surface area contributed by atoms with Gasteiger partial charge in [0, 0.05) is 22.7 Å². The second-order valence-corrected chi connectivity index (χ2v) is 8.34. The summed E-state index contributed by atoms with van der Waals surface area (Å²) in [6.45, 7) is 1.19. The van der Waals surface area contributed by atoms with Gasteiger partial charge >= 0.3 is 5.97 Å². The van der Waals surface area contributed by atoms with Crippen LogP contribution in [0.2, 0.25) is 15.1 Å². The van der Waals surface area contributed by atoms with Crippen molar-refractivity contribution in [3.63, 3.8) is 0 Å². The summed E-state index contributed by atoms with van der Waals surface area (Å²) < 4.78 is 5.04. The fourth-order valence-corrected chi connectivity index (χ4v) is 3.44. The number of benzene rings is 2. The Labute approximate surface area is 198 Å². The van der Waals surface area contributed by atoms with E-state index in [9.17, 15) is 19.2 Å². The van der Waals surface area contributed by atoms with Crippen molar-refractivity contribution in [1.82, 2.24) is 10.4 Å². The van der Waals surface area contributed by atoms with Gasteiger partial charge in [-0.05, 0) is 42.8 Å². The number of ether oxygens (including phenoxy) is 1. The number of halogens is 3. The number of carbonyl (C=O) groups excluding carboxylic acids is 4. The SMILES string of the molecule is Cc1ccc(Cl)cc1NC(=O)COC(=O)[C@@H]1CC(=O)N(NC(=O)c2ccc(Cl)c(Cl)c2)C1. The molecule has 0 bridgehead atoms. The van der Waals surface area contributed by atoms with E-state index < -0.39 is 36.2 Å². The molecule has 3 rings (SSSR count). The van der Waals surface area contributed by atoms with E-state index in [0.29, 0.717) is 10.7 Å². The number of nitrogens with one attached hydrogen (secondary N) is 2. The summed E-state index contributed by atoms with van der Waals surface area (Å²) in [5.74, 6) is -3.13. The number of nitrogens with zero attached hydrogens (tertiary/aromatic N) is 1. The number of amides is 3. The quantitative estimate of drug-likeness (QED) is 0.592. The minimum Gasteiger partial charge on any atom is -0.455 e. The lowest BCUT2D eigenvalue weighted by atomic mass is 10.1. The number of hydrogen-bond acceptors (Lipinski definition) is 5. The van der Waals surface area contributed by atoms with Crippen molar-refractivity contribution in [1.29, 1.82) is 0 Å².